The van der Waals surface area contributed by atoms with Gasteiger partial charge in [0.05, 0.1) is 13.2 Å². The van der Waals surface area contributed by atoms with E-state index >= 15 is 0 Å². The number of morpholine rings is 1. The highest BCUT2D eigenvalue weighted by atomic mass is 16.5. The first-order valence-electron chi connectivity index (χ1n) is 8.10. The molecule has 2 amide bonds. The summed E-state index contributed by atoms with van der Waals surface area (Å²) in [4.78, 5) is 31.3. The minimum atomic E-state index is -0.301. The van der Waals surface area contributed by atoms with Gasteiger partial charge in [0.1, 0.15) is 6.04 Å². The Morgan fingerprint density at radius 2 is 1.76 bits per heavy atom. The number of amides is 2. The molecule has 0 aromatic rings. The zero-order valence-corrected chi connectivity index (χ0v) is 12.8. The van der Waals surface area contributed by atoms with Crippen molar-refractivity contribution in [2.24, 2.45) is 5.92 Å². The van der Waals surface area contributed by atoms with E-state index in [0.717, 1.165) is 25.9 Å². The lowest BCUT2D eigenvalue weighted by Gasteiger charge is -2.42. The topological polar surface area (TPSA) is 53.1 Å². The summed E-state index contributed by atoms with van der Waals surface area (Å²) >= 11 is 0. The number of piperazine rings is 1. The molecule has 2 heterocycles. The summed E-state index contributed by atoms with van der Waals surface area (Å²) in [5.74, 6) is 0.473. The van der Waals surface area contributed by atoms with Crippen molar-refractivity contribution < 1.29 is 14.3 Å². The molecule has 2 saturated heterocycles. The van der Waals surface area contributed by atoms with Crippen LogP contribution in [0.1, 0.15) is 19.8 Å². The Kier molecular flexibility index (Phi) is 4.45. The molecule has 6 heteroatoms. The molecule has 3 aliphatic rings. The summed E-state index contributed by atoms with van der Waals surface area (Å²) in [5, 5.41) is 0. The van der Waals surface area contributed by atoms with Crippen LogP contribution in [0.2, 0.25) is 0 Å². The molecule has 0 spiro atoms. The smallest absolute Gasteiger partial charge is 0.246 e. The van der Waals surface area contributed by atoms with E-state index in [2.05, 4.69) is 11.8 Å². The van der Waals surface area contributed by atoms with E-state index in [9.17, 15) is 9.59 Å². The van der Waals surface area contributed by atoms with Crippen LogP contribution in [0.5, 0.6) is 0 Å². The van der Waals surface area contributed by atoms with Crippen molar-refractivity contribution in [2.75, 3.05) is 52.5 Å². The van der Waals surface area contributed by atoms with Crippen LogP contribution in [0, 0.1) is 5.92 Å². The van der Waals surface area contributed by atoms with Gasteiger partial charge in [-0.25, -0.2) is 0 Å². The molecule has 0 N–H and O–H groups in total. The number of hydrogen-bond acceptors (Lipinski definition) is 4. The van der Waals surface area contributed by atoms with Crippen LogP contribution in [0.4, 0.5) is 0 Å². The highest BCUT2D eigenvalue weighted by Crippen LogP contribution is 2.32. The van der Waals surface area contributed by atoms with Crippen LogP contribution in [0.25, 0.3) is 0 Å². The lowest BCUT2D eigenvalue weighted by Crippen LogP contribution is -2.62. The second-order valence-corrected chi connectivity index (χ2v) is 6.15. The highest BCUT2D eigenvalue weighted by molar-refractivity contribution is 5.90. The van der Waals surface area contributed by atoms with Crippen LogP contribution in [0.15, 0.2) is 0 Å². The molecule has 0 radical (unpaired) electrons. The van der Waals surface area contributed by atoms with Gasteiger partial charge in [-0.15, -0.1) is 0 Å². The van der Waals surface area contributed by atoms with E-state index < -0.39 is 0 Å². The van der Waals surface area contributed by atoms with Crippen molar-refractivity contribution in [1.82, 2.24) is 14.7 Å². The summed E-state index contributed by atoms with van der Waals surface area (Å²) in [6.07, 6.45) is 1.98. The van der Waals surface area contributed by atoms with Gasteiger partial charge < -0.3 is 14.5 Å². The van der Waals surface area contributed by atoms with E-state index in [0.29, 0.717) is 39.4 Å². The van der Waals surface area contributed by atoms with Gasteiger partial charge in [-0.1, -0.05) is 6.92 Å². The predicted molar refractivity (Wildman–Crippen MR) is 77.7 cm³/mol. The SMILES string of the molecule is CCN1CCN(C(=O)C2CC2)C(C(=O)N2CCOCC2)C1. The normalized spacial score (nSPS) is 27.8. The second kappa shape index (κ2) is 6.32. The lowest BCUT2D eigenvalue weighted by atomic mass is 10.1. The standard InChI is InChI=1S/C15H25N3O3/c1-2-16-5-6-18(14(19)12-3-4-12)13(11-16)15(20)17-7-9-21-10-8-17/h12-13H,2-11H2,1H3. The number of nitrogens with zero attached hydrogens (tertiary/aromatic N) is 3. The summed E-state index contributed by atoms with van der Waals surface area (Å²) in [7, 11) is 0. The third-order valence-corrected chi connectivity index (χ3v) is 4.73. The van der Waals surface area contributed by atoms with Crippen molar-refractivity contribution in [3.63, 3.8) is 0 Å². The maximum atomic E-state index is 12.8. The number of rotatable bonds is 3. The molecule has 1 atom stereocenters. The molecule has 2 aliphatic heterocycles. The highest BCUT2D eigenvalue weighted by Gasteiger charge is 2.42. The predicted octanol–water partition coefficient (Wildman–Crippen LogP) is -0.212. The summed E-state index contributed by atoms with van der Waals surface area (Å²) in [6, 6.07) is -0.301. The molecule has 6 nitrogen and oxygen atoms in total. The van der Waals surface area contributed by atoms with Crippen LogP contribution in [-0.2, 0) is 14.3 Å². The molecule has 118 valence electrons. The van der Waals surface area contributed by atoms with Crippen molar-refractivity contribution in [1.29, 1.82) is 0 Å². The Bertz CT molecular complexity index is 405. The van der Waals surface area contributed by atoms with E-state index in [4.69, 9.17) is 4.74 Å². The zero-order valence-electron chi connectivity index (χ0n) is 12.8. The van der Waals surface area contributed by atoms with Crippen LogP contribution in [0.3, 0.4) is 0 Å². The van der Waals surface area contributed by atoms with Crippen molar-refractivity contribution in [3.05, 3.63) is 0 Å². The first kappa shape index (κ1) is 14.8. The maximum absolute atomic E-state index is 12.8. The molecule has 1 saturated carbocycles. The fourth-order valence-corrected chi connectivity index (χ4v) is 3.16. The number of likely N-dealkylation sites (N-methyl/N-ethyl adjacent to an activating group) is 1. The monoisotopic (exact) mass is 295 g/mol. The van der Waals surface area contributed by atoms with Gasteiger partial charge in [-0.2, -0.15) is 0 Å². The van der Waals surface area contributed by atoms with Crippen molar-refractivity contribution >= 4 is 11.8 Å². The molecular weight excluding hydrogens is 270 g/mol. The maximum Gasteiger partial charge on any atom is 0.246 e. The molecule has 0 bridgehead atoms. The molecule has 21 heavy (non-hydrogen) atoms. The average Bonchev–Trinajstić information content (AvgIpc) is 3.38. The van der Waals surface area contributed by atoms with Gasteiger partial charge in [0.2, 0.25) is 11.8 Å². The minimum Gasteiger partial charge on any atom is -0.378 e. The van der Waals surface area contributed by atoms with Crippen molar-refractivity contribution in [3.8, 4) is 0 Å². The molecular formula is C15H25N3O3. The molecule has 1 aliphatic carbocycles. The minimum absolute atomic E-state index is 0.102. The Hall–Kier alpha value is -1.14. The number of carbonyl (C=O) groups is 2. The third kappa shape index (κ3) is 3.21. The Labute approximate surface area is 126 Å². The van der Waals surface area contributed by atoms with Gasteiger partial charge in [0, 0.05) is 38.6 Å². The van der Waals surface area contributed by atoms with Crippen LogP contribution >= 0.6 is 0 Å². The first-order chi connectivity index (χ1) is 10.2. The van der Waals surface area contributed by atoms with E-state index in [-0.39, 0.29) is 23.8 Å². The molecule has 0 aromatic heterocycles. The van der Waals surface area contributed by atoms with Gasteiger partial charge in [-0.3, -0.25) is 14.5 Å². The fraction of sp³-hybridized carbons (Fsp3) is 0.867. The summed E-state index contributed by atoms with van der Waals surface area (Å²) in [5.41, 5.74) is 0. The number of ether oxygens (including phenoxy) is 1. The Balaban J connectivity index is 1.71. The zero-order chi connectivity index (χ0) is 14.8. The van der Waals surface area contributed by atoms with Crippen LogP contribution in [-0.4, -0.2) is 85.0 Å². The Morgan fingerprint density at radius 3 is 2.38 bits per heavy atom. The van der Waals surface area contributed by atoms with Gasteiger partial charge in [0.15, 0.2) is 0 Å². The quantitative estimate of drug-likeness (QED) is 0.723. The summed E-state index contributed by atoms with van der Waals surface area (Å²) < 4.78 is 5.32. The van der Waals surface area contributed by atoms with Crippen molar-refractivity contribution in [2.45, 2.75) is 25.8 Å². The molecule has 0 aromatic carbocycles. The first-order valence-corrected chi connectivity index (χ1v) is 8.10. The van der Waals surface area contributed by atoms with Crippen LogP contribution < -0.4 is 0 Å². The third-order valence-electron chi connectivity index (χ3n) is 4.73. The van der Waals surface area contributed by atoms with E-state index in [1.807, 2.05) is 9.80 Å². The summed E-state index contributed by atoms with van der Waals surface area (Å²) in [6.45, 7) is 7.77. The van der Waals surface area contributed by atoms with Gasteiger partial charge in [0.25, 0.3) is 0 Å². The van der Waals surface area contributed by atoms with Gasteiger partial charge >= 0.3 is 0 Å². The largest absolute Gasteiger partial charge is 0.378 e. The molecule has 1 unspecified atom stereocenters. The average molecular weight is 295 g/mol. The number of carbonyl (C=O) groups excluding carboxylic acids is 2. The Morgan fingerprint density at radius 1 is 1.05 bits per heavy atom. The number of hydrogen-bond donors (Lipinski definition) is 0. The molecule has 3 fully saturated rings. The van der Waals surface area contributed by atoms with Gasteiger partial charge in [-0.05, 0) is 19.4 Å². The van der Waals surface area contributed by atoms with E-state index in [1.165, 1.54) is 0 Å². The fourth-order valence-electron chi connectivity index (χ4n) is 3.16. The molecule has 3 rings (SSSR count). The second-order valence-electron chi connectivity index (χ2n) is 6.15. The lowest BCUT2D eigenvalue weighted by molar-refractivity contribution is -0.152. The van der Waals surface area contributed by atoms with E-state index in [1.54, 1.807) is 0 Å².